The molecule has 0 spiro atoms. The molecule has 100 valence electrons. The van der Waals surface area contributed by atoms with E-state index in [0.717, 1.165) is 12.0 Å². The van der Waals surface area contributed by atoms with Gasteiger partial charge in [-0.15, -0.1) is 0 Å². The number of carbonyl (C=O) groups is 1. The standard InChI is InChI=1S/C17H20O2/c18-17(19)15-9-7-13-6-8-14(10-16(13)11-15)12-4-2-1-3-5-12/h6,8,10-12H,1-5,7,9H2,(H,18,19). The largest absolute Gasteiger partial charge is 0.478 e. The fraction of sp³-hybridized carbons (Fsp3) is 0.471. The van der Waals surface area contributed by atoms with Crippen molar-refractivity contribution in [2.24, 2.45) is 0 Å². The molecule has 0 amide bonds. The number of aliphatic carboxylic acids is 1. The first-order valence-electron chi connectivity index (χ1n) is 7.31. The summed E-state index contributed by atoms with van der Waals surface area (Å²) in [7, 11) is 0. The molecular weight excluding hydrogens is 236 g/mol. The van der Waals surface area contributed by atoms with Crippen LogP contribution in [0, 0.1) is 0 Å². The topological polar surface area (TPSA) is 37.3 Å². The smallest absolute Gasteiger partial charge is 0.331 e. The molecule has 2 aliphatic rings. The van der Waals surface area contributed by atoms with Gasteiger partial charge in [0, 0.05) is 5.57 Å². The molecule has 0 bridgehead atoms. The molecule has 0 radical (unpaired) electrons. The number of fused-ring (bicyclic) bond motifs is 1. The molecule has 0 heterocycles. The molecule has 0 saturated heterocycles. The molecular formula is C17H20O2. The van der Waals surface area contributed by atoms with Crippen LogP contribution in [-0.4, -0.2) is 11.1 Å². The highest BCUT2D eigenvalue weighted by Crippen LogP contribution is 2.35. The summed E-state index contributed by atoms with van der Waals surface area (Å²) in [6, 6.07) is 6.69. The maximum absolute atomic E-state index is 11.1. The van der Waals surface area contributed by atoms with Gasteiger partial charge in [0.1, 0.15) is 0 Å². The molecule has 19 heavy (non-hydrogen) atoms. The van der Waals surface area contributed by atoms with Gasteiger partial charge in [0.2, 0.25) is 0 Å². The predicted molar refractivity (Wildman–Crippen MR) is 76.2 cm³/mol. The summed E-state index contributed by atoms with van der Waals surface area (Å²) < 4.78 is 0. The first kappa shape index (κ1) is 12.5. The van der Waals surface area contributed by atoms with Crippen LogP contribution in [0.1, 0.15) is 61.1 Å². The highest BCUT2D eigenvalue weighted by atomic mass is 16.4. The molecule has 1 aromatic carbocycles. The predicted octanol–water partition coefficient (Wildman–Crippen LogP) is 4.15. The summed E-state index contributed by atoms with van der Waals surface area (Å²) >= 11 is 0. The molecule has 0 aliphatic heterocycles. The Labute approximate surface area is 114 Å². The Balaban J connectivity index is 1.90. The van der Waals surface area contributed by atoms with Crippen molar-refractivity contribution in [3.63, 3.8) is 0 Å². The normalized spacial score (nSPS) is 19.7. The minimum atomic E-state index is -0.770. The Morgan fingerprint density at radius 3 is 2.63 bits per heavy atom. The summed E-state index contributed by atoms with van der Waals surface area (Å²) in [5.41, 5.74) is 4.38. The van der Waals surface area contributed by atoms with E-state index in [1.165, 1.54) is 43.2 Å². The molecule has 0 atom stereocenters. The van der Waals surface area contributed by atoms with Crippen LogP contribution in [0.15, 0.2) is 23.8 Å². The van der Waals surface area contributed by atoms with Gasteiger partial charge in [0.15, 0.2) is 0 Å². The van der Waals surface area contributed by atoms with Gasteiger partial charge < -0.3 is 5.11 Å². The average Bonchev–Trinajstić information content (AvgIpc) is 2.47. The number of hydrogen-bond acceptors (Lipinski definition) is 1. The summed E-state index contributed by atoms with van der Waals surface area (Å²) in [5.74, 6) is -0.0867. The minimum Gasteiger partial charge on any atom is -0.478 e. The first-order chi connectivity index (χ1) is 9.24. The molecule has 3 rings (SSSR count). The zero-order valence-electron chi connectivity index (χ0n) is 11.2. The zero-order valence-corrected chi connectivity index (χ0v) is 11.2. The van der Waals surface area contributed by atoms with E-state index in [1.54, 1.807) is 0 Å². The number of hydrogen-bond donors (Lipinski definition) is 1. The quantitative estimate of drug-likeness (QED) is 0.863. The Morgan fingerprint density at radius 2 is 1.89 bits per heavy atom. The second-order valence-corrected chi connectivity index (χ2v) is 5.77. The lowest BCUT2D eigenvalue weighted by Gasteiger charge is -2.23. The van der Waals surface area contributed by atoms with Crippen LogP contribution in [0.2, 0.25) is 0 Å². The molecule has 1 saturated carbocycles. The molecule has 0 aromatic heterocycles. The zero-order chi connectivity index (χ0) is 13.2. The third-order valence-electron chi connectivity index (χ3n) is 4.51. The van der Waals surface area contributed by atoms with Crippen LogP contribution in [0.3, 0.4) is 0 Å². The number of aryl methyl sites for hydroxylation is 1. The summed E-state index contributed by atoms with van der Waals surface area (Å²) in [4.78, 5) is 11.1. The first-order valence-corrected chi connectivity index (χ1v) is 7.31. The van der Waals surface area contributed by atoms with Gasteiger partial charge in [-0.2, -0.15) is 0 Å². The van der Waals surface area contributed by atoms with Crippen LogP contribution < -0.4 is 0 Å². The van der Waals surface area contributed by atoms with E-state index in [2.05, 4.69) is 18.2 Å². The molecule has 2 nitrogen and oxygen atoms in total. The van der Waals surface area contributed by atoms with Crippen LogP contribution >= 0.6 is 0 Å². The van der Waals surface area contributed by atoms with Crippen molar-refractivity contribution in [3.05, 3.63) is 40.5 Å². The van der Waals surface area contributed by atoms with E-state index in [9.17, 15) is 4.79 Å². The van der Waals surface area contributed by atoms with Crippen molar-refractivity contribution in [2.75, 3.05) is 0 Å². The van der Waals surface area contributed by atoms with E-state index in [-0.39, 0.29) is 0 Å². The van der Waals surface area contributed by atoms with Crippen LogP contribution in [0.25, 0.3) is 6.08 Å². The van der Waals surface area contributed by atoms with Gasteiger partial charge in [-0.1, -0.05) is 37.5 Å². The third-order valence-corrected chi connectivity index (χ3v) is 4.51. The summed E-state index contributed by atoms with van der Waals surface area (Å²) in [6.45, 7) is 0. The average molecular weight is 256 g/mol. The molecule has 2 aliphatic carbocycles. The van der Waals surface area contributed by atoms with Crippen LogP contribution in [0.4, 0.5) is 0 Å². The SMILES string of the molecule is O=C(O)C1=Cc2cc(C3CCCCC3)ccc2CC1. The van der Waals surface area contributed by atoms with E-state index in [0.29, 0.717) is 17.9 Å². The van der Waals surface area contributed by atoms with Crippen molar-refractivity contribution in [1.82, 2.24) is 0 Å². The van der Waals surface area contributed by atoms with Crippen molar-refractivity contribution in [1.29, 1.82) is 0 Å². The molecule has 1 aromatic rings. The Bertz CT molecular complexity index is 522. The molecule has 1 fully saturated rings. The van der Waals surface area contributed by atoms with E-state index >= 15 is 0 Å². The Hall–Kier alpha value is -1.57. The maximum Gasteiger partial charge on any atom is 0.331 e. The monoisotopic (exact) mass is 256 g/mol. The minimum absolute atomic E-state index is 0.549. The molecule has 2 heteroatoms. The molecule has 1 N–H and O–H groups in total. The number of rotatable bonds is 2. The van der Waals surface area contributed by atoms with Crippen molar-refractivity contribution in [3.8, 4) is 0 Å². The van der Waals surface area contributed by atoms with E-state index in [1.807, 2.05) is 6.08 Å². The van der Waals surface area contributed by atoms with Crippen molar-refractivity contribution < 1.29 is 9.90 Å². The van der Waals surface area contributed by atoms with Crippen molar-refractivity contribution in [2.45, 2.75) is 50.9 Å². The van der Waals surface area contributed by atoms with Crippen molar-refractivity contribution >= 4 is 12.0 Å². The summed E-state index contributed by atoms with van der Waals surface area (Å²) in [5, 5.41) is 9.11. The fourth-order valence-corrected chi connectivity index (χ4v) is 3.36. The van der Waals surface area contributed by atoms with E-state index < -0.39 is 5.97 Å². The lowest BCUT2D eigenvalue weighted by molar-refractivity contribution is -0.132. The lowest BCUT2D eigenvalue weighted by Crippen LogP contribution is -2.09. The van der Waals surface area contributed by atoms with Crippen LogP contribution in [-0.2, 0) is 11.2 Å². The van der Waals surface area contributed by atoms with Crippen LogP contribution in [0.5, 0.6) is 0 Å². The van der Waals surface area contributed by atoms with Gasteiger partial charge in [0.25, 0.3) is 0 Å². The highest BCUT2D eigenvalue weighted by molar-refractivity contribution is 5.93. The number of benzene rings is 1. The number of carboxylic acid groups (broad SMARTS) is 1. The highest BCUT2D eigenvalue weighted by Gasteiger charge is 2.19. The van der Waals surface area contributed by atoms with Gasteiger partial charge in [-0.25, -0.2) is 4.79 Å². The second kappa shape index (κ2) is 5.20. The Morgan fingerprint density at radius 1 is 1.11 bits per heavy atom. The second-order valence-electron chi connectivity index (χ2n) is 5.77. The lowest BCUT2D eigenvalue weighted by atomic mass is 9.82. The summed E-state index contributed by atoms with van der Waals surface area (Å²) in [6.07, 6.45) is 9.99. The van der Waals surface area contributed by atoms with E-state index in [4.69, 9.17) is 5.11 Å². The maximum atomic E-state index is 11.1. The van der Waals surface area contributed by atoms with Gasteiger partial charge in [-0.05, 0) is 54.4 Å². The fourth-order valence-electron chi connectivity index (χ4n) is 3.36. The van der Waals surface area contributed by atoms with Gasteiger partial charge in [0.05, 0.1) is 0 Å². The van der Waals surface area contributed by atoms with Gasteiger partial charge in [-0.3, -0.25) is 0 Å². The Kier molecular flexibility index (Phi) is 3.41. The molecule has 0 unspecified atom stereocenters. The van der Waals surface area contributed by atoms with Gasteiger partial charge >= 0.3 is 5.97 Å². The number of carboxylic acids is 1. The third kappa shape index (κ3) is 2.58.